The first-order chi connectivity index (χ1) is 6.88. The van der Waals surface area contributed by atoms with Gasteiger partial charge >= 0.3 is 0 Å². The molecule has 0 amide bonds. The van der Waals surface area contributed by atoms with Crippen molar-refractivity contribution in [2.75, 3.05) is 6.54 Å². The lowest BCUT2D eigenvalue weighted by Crippen LogP contribution is -2.20. The summed E-state index contributed by atoms with van der Waals surface area (Å²) in [6.07, 6.45) is 2.28. The fourth-order valence-corrected chi connectivity index (χ4v) is 1.31. The lowest BCUT2D eigenvalue weighted by molar-refractivity contribution is 0.579. The van der Waals surface area contributed by atoms with Crippen LogP contribution in [0.5, 0.6) is 0 Å². The molecule has 0 radical (unpaired) electrons. The molecule has 1 aromatic rings. The molecule has 0 saturated heterocycles. The molecule has 1 atom stereocenters. The summed E-state index contributed by atoms with van der Waals surface area (Å²) < 4.78 is 0. The summed E-state index contributed by atoms with van der Waals surface area (Å²) in [6.45, 7) is 4.36. The smallest absolute Gasteiger partial charge is 0.0641 e. The third-order valence-corrected chi connectivity index (χ3v) is 2.01. The van der Waals surface area contributed by atoms with Crippen LogP contribution in [0.1, 0.15) is 18.0 Å². The molecule has 0 aromatic heterocycles. The van der Waals surface area contributed by atoms with E-state index in [0.717, 1.165) is 12.1 Å². The summed E-state index contributed by atoms with van der Waals surface area (Å²) in [6, 6.07) is 12.3. The summed E-state index contributed by atoms with van der Waals surface area (Å²) in [5, 5.41) is 11.9. The molecule has 1 aromatic carbocycles. The zero-order chi connectivity index (χ0) is 10.2. The van der Waals surface area contributed by atoms with E-state index in [2.05, 4.69) is 18.0 Å². The van der Waals surface area contributed by atoms with Crippen molar-refractivity contribution in [2.24, 2.45) is 0 Å². The Balaban J connectivity index is 2.68. The van der Waals surface area contributed by atoms with Crippen molar-refractivity contribution in [3.8, 4) is 6.07 Å². The van der Waals surface area contributed by atoms with Gasteiger partial charge in [0.25, 0.3) is 0 Å². The highest BCUT2D eigenvalue weighted by molar-refractivity contribution is 5.19. The topological polar surface area (TPSA) is 35.8 Å². The van der Waals surface area contributed by atoms with Crippen molar-refractivity contribution >= 4 is 0 Å². The van der Waals surface area contributed by atoms with E-state index in [0.29, 0.717) is 6.42 Å². The van der Waals surface area contributed by atoms with Gasteiger partial charge in [-0.1, -0.05) is 36.4 Å². The molecule has 1 rings (SSSR count). The maximum atomic E-state index is 8.68. The van der Waals surface area contributed by atoms with Gasteiger partial charge in [0.15, 0.2) is 0 Å². The number of hydrogen-bond donors (Lipinski definition) is 1. The van der Waals surface area contributed by atoms with Crippen LogP contribution in [0.2, 0.25) is 0 Å². The third-order valence-electron chi connectivity index (χ3n) is 2.01. The predicted molar refractivity (Wildman–Crippen MR) is 57.6 cm³/mol. The molecule has 0 bridgehead atoms. The number of hydrogen-bond acceptors (Lipinski definition) is 2. The minimum Gasteiger partial charge on any atom is -0.306 e. The van der Waals surface area contributed by atoms with Crippen LogP contribution in [0.4, 0.5) is 0 Å². The summed E-state index contributed by atoms with van der Waals surface area (Å²) in [7, 11) is 0. The Morgan fingerprint density at radius 2 is 2.14 bits per heavy atom. The van der Waals surface area contributed by atoms with Gasteiger partial charge in [-0.15, -0.1) is 6.58 Å². The van der Waals surface area contributed by atoms with E-state index >= 15 is 0 Å². The van der Waals surface area contributed by atoms with Crippen LogP contribution < -0.4 is 5.32 Å². The largest absolute Gasteiger partial charge is 0.306 e. The molecular weight excluding hydrogens is 172 g/mol. The molecule has 0 aliphatic rings. The van der Waals surface area contributed by atoms with Gasteiger partial charge in [0.05, 0.1) is 12.5 Å². The van der Waals surface area contributed by atoms with Gasteiger partial charge in [-0.2, -0.15) is 5.26 Å². The van der Waals surface area contributed by atoms with Gasteiger partial charge in [-0.05, 0) is 5.56 Å². The highest BCUT2D eigenvalue weighted by Crippen LogP contribution is 2.15. The molecule has 14 heavy (non-hydrogen) atoms. The van der Waals surface area contributed by atoms with E-state index in [1.54, 1.807) is 6.08 Å². The number of rotatable bonds is 5. The van der Waals surface area contributed by atoms with E-state index in [9.17, 15) is 0 Å². The Kier molecular flexibility index (Phi) is 4.46. The van der Waals surface area contributed by atoms with Crippen LogP contribution >= 0.6 is 0 Å². The first-order valence-electron chi connectivity index (χ1n) is 4.64. The third kappa shape index (κ3) is 3.04. The van der Waals surface area contributed by atoms with Crippen LogP contribution in [0.3, 0.4) is 0 Å². The summed E-state index contributed by atoms with van der Waals surface area (Å²) in [5.41, 5.74) is 1.15. The van der Waals surface area contributed by atoms with E-state index < -0.39 is 0 Å². The molecule has 2 nitrogen and oxygen atoms in total. The van der Waals surface area contributed by atoms with Gasteiger partial charge < -0.3 is 5.32 Å². The lowest BCUT2D eigenvalue weighted by atomic mass is 10.0. The average Bonchev–Trinajstić information content (AvgIpc) is 2.25. The Bertz CT molecular complexity index is 311. The molecular formula is C12H14N2. The Morgan fingerprint density at radius 1 is 1.43 bits per heavy atom. The van der Waals surface area contributed by atoms with Gasteiger partial charge in [-0.25, -0.2) is 0 Å². The molecule has 1 N–H and O–H groups in total. The lowest BCUT2D eigenvalue weighted by Gasteiger charge is -2.14. The summed E-state index contributed by atoms with van der Waals surface area (Å²) >= 11 is 0. The van der Waals surface area contributed by atoms with Crippen LogP contribution in [0.25, 0.3) is 0 Å². The van der Waals surface area contributed by atoms with Crippen LogP contribution in [0, 0.1) is 11.3 Å². The van der Waals surface area contributed by atoms with Gasteiger partial charge in [0.1, 0.15) is 0 Å². The second-order valence-corrected chi connectivity index (χ2v) is 3.02. The average molecular weight is 186 g/mol. The quantitative estimate of drug-likeness (QED) is 0.717. The van der Waals surface area contributed by atoms with Gasteiger partial charge in [0.2, 0.25) is 0 Å². The molecule has 0 heterocycles. The normalized spacial score (nSPS) is 11.6. The Hall–Kier alpha value is -1.59. The zero-order valence-corrected chi connectivity index (χ0v) is 8.11. The molecule has 0 saturated carbocycles. The fraction of sp³-hybridized carbons (Fsp3) is 0.250. The first kappa shape index (κ1) is 10.5. The maximum absolute atomic E-state index is 8.68. The summed E-state index contributed by atoms with van der Waals surface area (Å²) in [4.78, 5) is 0. The molecule has 2 heteroatoms. The van der Waals surface area contributed by atoms with E-state index in [4.69, 9.17) is 5.26 Å². The van der Waals surface area contributed by atoms with Crippen molar-refractivity contribution in [1.29, 1.82) is 5.26 Å². The second kappa shape index (κ2) is 5.95. The van der Waals surface area contributed by atoms with Crippen molar-refractivity contribution in [2.45, 2.75) is 12.5 Å². The van der Waals surface area contributed by atoms with Crippen LogP contribution in [-0.2, 0) is 0 Å². The molecule has 1 unspecified atom stereocenters. The molecule has 0 fully saturated rings. The summed E-state index contributed by atoms with van der Waals surface area (Å²) in [5.74, 6) is 0. The van der Waals surface area contributed by atoms with Gasteiger partial charge in [-0.3, -0.25) is 0 Å². The van der Waals surface area contributed by atoms with E-state index in [1.807, 2.05) is 30.3 Å². The first-order valence-corrected chi connectivity index (χ1v) is 4.64. The Morgan fingerprint density at radius 3 is 2.71 bits per heavy atom. The second-order valence-electron chi connectivity index (χ2n) is 3.02. The van der Waals surface area contributed by atoms with Gasteiger partial charge in [0, 0.05) is 12.6 Å². The maximum Gasteiger partial charge on any atom is 0.0641 e. The number of nitrogens with one attached hydrogen (secondary N) is 1. The SMILES string of the molecule is C=CCNC(CC#N)c1ccccc1. The minimum absolute atomic E-state index is 0.110. The number of nitrogens with zero attached hydrogens (tertiary/aromatic N) is 1. The van der Waals surface area contributed by atoms with Crippen molar-refractivity contribution in [3.05, 3.63) is 48.6 Å². The molecule has 0 aliphatic heterocycles. The Labute approximate surface area is 84.9 Å². The number of benzene rings is 1. The predicted octanol–water partition coefficient (Wildman–Crippen LogP) is 2.42. The van der Waals surface area contributed by atoms with Crippen LogP contribution in [-0.4, -0.2) is 6.54 Å². The zero-order valence-electron chi connectivity index (χ0n) is 8.11. The monoisotopic (exact) mass is 186 g/mol. The fourth-order valence-electron chi connectivity index (χ4n) is 1.31. The van der Waals surface area contributed by atoms with Crippen LogP contribution in [0.15, 0.2) is 43.0 Å². The number of nitriles is 1. The highest BCUT2D eigenvalue weighted by atomic mass is 14.9. The van der Waals surface area contributed by atoms with E-state index in [1.165, 1.54) is 0 Å². The van der Waals surface area contributed by atoms with Crippen molar-refractivity contribution < 1.29 is 0 Å². The van der Waals surface area contributed by atoms with Crippen molar-refractivity contribution in [1.82, 2.24) is 5.32 Å². The highest BCUT2D eigenvalue weighted by Gasteiger charge is 2.08. The van der Waals surface area contributed by atoms with Crippen molar-refractivity contribution in [3.63, 3.8) is 0 Å². The van der Waals surface area contributed by atoms with E-state index in [-0.39, 0.29) is 6.04 Å². The standard InChI is InChI=1S/C12H14N2/c1-2-10-14-12(8-9-13)11-6-4-3-5-7-11/h2-7,12,14H,1,8,10H2. The molecule has 72 valence electrons. The minimum atomic E-state index is 0.110. The molecule has 0 spiro atoms. The molecule has 0 aliphatic carbocycles.